The molecule has 3 aromatic rings. The Hall–Kier alpha value is -1.86. The molecule has 0 radical (unpaired) electrons. The van der Waals surface area contributed by atoms with Crippen molar-refractivity contribution in [3.8, 4) is 0 Å². The maximum absolute atomic E-state index is 6.87. The fourth-order valence-electron chi connectivity index (χ4n) is 5.17. The number of nitrogens with one attached hydrogen (secondary N) is 1. The number of pyridine rings is 1. The number of benzene rings is 1. The molecule has 4 heterocycles. The lowest BCUT2D eigenvalue weighted by Gasteiger charge is -2.37. The number of piperidine rings is 1. The number of hydrogen-bond donors (Lipinski definition) is 1. The summed E-state index contributed by atoms with van der Waals surface area (Å²) in [6, 6.07) is 16.1. The molecule has 2 aliphatic heterocycles. The first-order chi connectivity index (χ1) is 15.9. The molecule has 1 N–H and O–H groups in total. The second kappa shape index (κ2) is 9.41. The monoisotopic (exact) mass is 516 g/mol. The van der Waals surface area contributed by atoms with Crippen molar-refractivity contribution < 1.29 is 0 Å². The zero-order chi connectivity index (χ0) is 23.1. The number of nitrogens with zero attached hydrogens (tertiary/aromatic N) is 3. The minimum Gasteiger partial charge on any atom is -0.370 e. The molecule has 33 heavy (non-hydrogen) atoms. The highest BCUT2D eigenvalue weighted by Crippen LogP contribution is 2.45. The van der Waals surface area contributed by atoms with Crippen molar-refractivity contribution in [2.24, 2.45) is 11.8 Å². The van der Waals surface area contributed by atoms with Crippen LogP contribution in [0.5, 0.6) is 0 Å². The van der Waals surface area contributed by atoms with E-state index in [2.05, 4.69) is 52.1 Å². The van der Waals surface area contributed by atoms with E-state index in [0.29, 0.717) is 16.9 Å². The topological polar surface area (TPSA) is 31.4 Å². The summed E-state index contributed by atoms with van der Waals surface area (Å²) in [5.74, 6) is 1.32. The van der Waals surface area contributed by atoms with Crippen LogP contribution in [0.2, 0.25) is 9.36 Å². The van der Waals surface area contributed by atoms with Crippen LogP contribution in [-0.4, -0.2) is 23.2 Å². The molecule has 0 spiro atoms. The first-order valence-electron chi connectivity index (χ1n) is 11.2. The van der Waals surface area contributed by atoms with Gasteiger partial charge in [-0.15, -0.1) is 11.3 Å². The number of aromatic nitrogens is 1. The van der Waals surface area contributed by atoms with E-state index in [-0.39, 0.29) is 12.1 Å². The van der Waals surface area contributed by atoms with E-state index in [9.17, 15) is 0 Å². The average molecular weight is 518 g/mol. The van der Waals surface area contributed by atoms with Crippen molar-refractivity contribution in [3.05, 3.63) is 74.7 Å². The van der Waals surface area contributed by atoms with Gasteiger partial charge < -0.3 is 15.1 Å². The van der Waals surface area contributed by atoms with Gasteiger partial charge in [0.1, 0.15) is 0 Å². The maximum Gasteiger partial charge on any atom is 0.174 e. The van der Waals surface area contributed by atoms with E-state index in [0.717, 1.165) is 44.4 Å². The molecule has 0 amide bonds. The summed E-state index contributed by atoms with van der Waals surface area (Å²) in [6.45, 7) is 6.69. The van der Waals surface area contributed by atoms with Crippen molar-refractivity contribution >= 4 is 63.2 Å². The van der Waals surface area contributed by atoms with Gasteiger partial charge >= 0.3 is 0 Å². The van der Waals surface area contributed by atoms with Gasteiger partial charge in [-0.2, -0.15) is 0 Å². The summed E-state index contributed by atoms with van der Waals surface area (Å²) >= 11 is 20.6. The first kappa shape index (κ1) is 22.9. The van der Waals surface area contributed by atoms with Gasteiger partial charge in [-0.05, 0) is 72.9 Å². The molecular weight excluding hydrogens is 491 g/mol. The van der Waals surface area contributed by atoms with E-state index in [1.165, 1.54) is 6.42 Å². The first-order valence-corrected chi connectivity index (χ1v) is 13.2. The average Bonchev–Trinajstić information content (AvgIpc) is 3.36. The van der Waals surface area contributed by atoms with Gasteiger partial charge in [0, 0.05) is 29.9 Å². The van der Waals surface area contributed by atoms with Crippen LogP contribution in [0.4, 0.5) is 11.4 Å². The van der Waals surface area contributed by atoms with E-state index >= 15 is 0 Å². The van der Waals surface area contributed by atoms with Crippen molar-refractivity contribution in [1.82, 2.24) is 10.3 Å². The minimum atomic E-state index is -0.0873. The van der Waals surface area contributed by atoms with Crippen molar-refractivity contribution in [3.63, 3.8) is 0 Å². The predicted octanol–water partition coefficient (Wildman–Crippen LogP) is 7.11. The summed E-state index contributed by atoms with van der Waals surface area (Å²) in [4.78, 5) is 10.3. The zero-order valence-corrected chi connectivity index (χ0v) is 21.7. The molecule has 0 saturated carbocycles. The van der Waals surface area contributed by atoms with Gasteiger partial charge in [0.05, 0.1) is 32.8 Å². The number of rotatable bonds is 4. The van der Waals surface area contributed by atoms with Crippen LogP contribution in [-0.2, 0) is 0 Å². The normalized spacial score (nSPS) is 25.4. The van der Waals surface area contributed by atoms with E-state index in [1.54, 1.807) is 11.3 Å². The molecule has 0 aliphatic carbocycles. The SMILES string of the molecule is C[C@@H]1C[C@H](C)CN(c2ccc(N3C(=S)N[C@H](c4ccccn4)[C@H]3c3ccc(Cl)s3)cc2Cl)C1. The molecular formula is C25H26Cl2N4S2. The summed E-state index contributed by atoms with van der Waals surface area (Å²) < 4.78 is 0.754. The van der Waals surface area contributed by atoms with E-state index < -0.39 is 0 Å². The Morgan fingerprint density at radius 3 is 2.48 bits per heavy atom. The summed E-state index contributed by atoms with van der Waals surface area (Å²) in [7, 11) is 0. The van der Waals surface area contributed by atoms with Crippen LogP contribution in [0.25, 0.3) is 0 Å². The Labute approximate surface area is 214 Å². The Kier molecular flexibility index (Phi) is 6.54. The summed E-state index contributed by atoms with van der Waals surface area (Å²) in [5, 5.41) is 4.90. The number of hydrogen-bond acceptors (Lipinski definition) is 4. The van der Waals surface area contributed by atoms with Crippen LogP contribution >= 0.6 is 46.8 Å². The van der Waals surface area contributed by atoms with Gasteiger partial charge in [0.2, 0.25) is 0 Å². The number of thiophene rings is 1. The lowest BCUT2D eigenvalue weighted by Crippen LogP contribution is -2.38. The van der Waals surface area contributed by atoms with Gasteiger partial charge in [0.15, 0.2) is 5.11 Å². The molecule has 172 valence electrons. The van der Waals surface area contributed by atoms with Crippen LogP contribution < -0.4 is 15.1 Å². The van der Waals surface area contributed by atoms with Crippen LogP contribution in [0, 0.1) is 11.8 Å². The van der Waals surface area contributed by atoms with Gasteiger partial charge in [-0.3, -0.25) is 4.98 Å². The lowest BCUT2D eigenvalue weighted by molar-refractivity contribution is 0.357. The molecule has 4 atom stereocenters. The molecule has 4 nitrogen and oxygen atoms in total. The second-order valence-electron chi connectivity index (χ2n) is 9.13. The summed E-state index contributed by atoms with van der Waals surface area (Å²) in [6.07, 6.45) is 3.08. The molecule has 0 bridgehead atoms. The zero-order valence-electron chi connectivity index (χ0n) is 18.5. The summed E-state index contributed by atoms with van der Waals surface area (Å²) in [5.41, 5.74) is 3.00. The van der Waals surface area contributed by atoms with Gasteiger partial charge in [-0.1, -0.05) is 43.1 Å². The third kappa shape index (κ3) is 4.59. The maximum atomic E-state index is 6.87. The quantitative estimate of drug-likeness (QED) is 0.373. The Balaban J connectivity index is 1.51. The molecule has 2 saturated heterocycles. The largest absolute Gasteiger partial charge is 0.370 e. The minimum absolute atomic E-state index is 0.0677. The third-order valence-corrected chi connectivity index (χ3v) is 8.32. The molecule has 5 rings (SSSR count). The lowest BCUT2D eigenvalue weighted by atomic mass is 9.91. The highest BCUT2D eigenvalue weighted by atomic mass is 35.5. The Bertz CT molecular complexity index is 1140. The fraction of sp³-hybridized carbons (Fsp3) is 0.360. The van der Waals surface area contributed by atoms with Crippen molar-refractivity contribution in [1.29, 1.82) is 0 Å². The van der Waals surface area contributed by atoms with E-state index in [4.69, 9.17) is 35.4 Å². The molecule has 1 aromatic carbocycles. The van der Waals surface area contributed by atoms with E-state index in [1.807, 2.05) is 36.5 Å². The number of thiocarbonyl (C=S) groups is 1. The molecule has 2 aliphatic rings. The highest BCUT2D eigenvalue weighted by molar-refractivity contribution is 7.80. The number of halogens is 2. The van der Waals surface area contributed by atoms with Gasteiger partial charge in [0.25, 0.3) is 0 Å². The van der Waals surface area contributed by atoms with Crippen LogP contribution in [0.15, 0.2) is 54.7 Å². The smallest absolute Gasteiger partial charge is 0.174 e. The van der Waals surface area contributed by atoms with Crippen molar-refractivity contribution in [2.75, 3.05) is 22.9 Å². The third-order valence-electron chi connectivity index (χ3n) is 6.40. The Morgan fingerprint density at radius 1 is 1.06 bits per heavy atom. The highest BCUT2D eigenvalue weighted by Gasteiger charge is 2.41. The molecule has 2 aromatic heterocycles. The molecule has 8 heteroatoms. The van der Waals surface area contributed by atoms with Gasteiger partial charge in [-0.25, -0.2) is 0 Å². The number of anilines is 2. The predicted molar refractivity (Wildman–Crippen MR) is 144 cm³/mol. The molecule has 2 fully saturated rings. The molecule has 0 unspecified atom stereocenters. The fourth-order valence-corrected chi connectivity index (χ4v) is 7.00. The standard InChI is InChI=1S/C25H26Cl2N4S2/c1-15-11-16(2)14-30(13-15)20-7-6-17(12-18(20)26)31-24(21-8-9-22(27)33-21)23(29-25(31)32)19-5-3-4-10-28-19/h3-10,12,15-16,23-24H,11,13-14H2,1-2H3,(H,29,32)/t15-,16+,23-,24-/m1/s1. The van der Waals surface area contributed by atoms with Crippen LogP contribution in [0.1, 0.15) is 42.9 Å². The Morgan fingerprint density at radius 2 is 1.85 bits per heavy atom. The van der Waals surface area contributed by atoms with Crippen LogP contribution in [0.3, 0.4) is 0 Å². The second-order valence-corrected chi connectivity index (χ2v) is 11.7. The van der Waals surface area contributed by atoms with Crippen molar-refractivity contribution in [2.45, 2.75) is 32.4 Å².